The Labute approximate surface area is 112 Å². The molecule has 5 heteroatoms. The van der Waals surface area contributed by atoms with Gasteiger partial charge in [-0.3, -0.25) is 9.59 Å². The molecule has 0 bridgehead atoms. The Bertz CT molecular complexity index is 551. The van der Waals surface area contributed by atoms with Gasteiger partial charge in [-0.2, -0.15) is 0 Å². The first kappa shape index (κ1) is 12.3. The third-order valence-electron chi connectivity index (χ3n) is 4.61. The van der Waals surface area contributed by atoms with Gasteiger partial charge in [0.25, 0.3) is 5.91 Å². The predicted octanol–water partition coefficient (Wildman–Crippen LogP) is 0.703. The van der Waals surface area contributed by atoms with Crippen LogP contribution < -0.4 is 0 Å². The second kappa shape index (κ2) is 3.85. The average molecular weight is 261 g/mol. The Hall–Kier alpha value is -1.78. The molecule has 0 N–H and O–H groups in total. The first-order valence-electron chi connectivity index (χ1n) is 6.67. The number of carbonyl (C=O) groups excluding carboxylic acids is 2. The van der Waals surface area contributed by atoms with Crippen LogP contribution in [0.3, 0.4) is 0 Å². The van der Waals surface area contributed by atoms with Crippen molar-refractivity contribution in [3.8, 4) is 0 Å². The number of aryl methyl sites for hydroxylation is 1. The van der Waals surface area contributed by atoms with Gasteiger partial charge in [0.2, 0.25) is 5.91 Å². The fourth-order valence-electron chi connectivity index (χ4n) is 3.24. The average Bonchev–Trinajstić information content (AvgIpc) is 3.02. The van der Waals surface area contributed by atoms with E-state index in [0.29, 0.717) is 6.54 Å². The largest absolute Gasteiger partial charge is 0.357 e. The first-order chi connectivity index (χ1) is 8.96. The van der Waals surface area contributed by atoms with E-state index in [9.17, 15) is 9.59 Å². The van der Waals surface area contributed by atoms with Crippen LogP contribution in [0.1, 0.15) is 25.3 Å². The molecule has 1 aromatic heterocycles. The summed E-state index contributed by atoms with van der Waals surface area (Å²) in [7, 11) is 3.66. The third kappa shape index (κ3) is 1.47. The number of carbonyl (C=O) groups is 2. The molecule has 2 saturated heterocycles. The molecular weight excluding hydrogens is 242 g/mol. The second-order valence-corrected chi connectivity index (χ2v) is 5.69. The molecule has 0 radical (unpaired) electrons. The van der Waals surface area contributed by atoms with E-state index in [1.54, 1.807) is 16.8 Å². The standard InChI is InChI=1S/C14H19N3O2/c1-14(10-6-8-15(2)9-10)13(19)17-7-4-5-11(17)12(18)16(14)3/h6,8-9,11H,4-5,7H2,1-3H3. The van der Waals surface area contributed by atoms with Crippen molar-refractivity contribution >= 4 is 11.8 Å². The first-order valence-corrected chi connectivity index (χ1v) is 6.67. The minimum atomic E-state index is -0.876. The quantitative estimate of drug-likeness (QED) is 0.747. The van der Waals surface area contributed by atoms with Crippen LogP contribution in [0.15, 0.2) is 18.5 Å². The van der Waals surface area contributed by atoms with Crippen LogP contribution >= 0.6 is 0 Å². The van der Waals surface area contributed by atoms with Gasteiger partial charge in [-0.1, -0.05) is 0 Å². The molecule has 19 heavy (non-hydrogen) atoms. The molecule has 2 fully saturated rings. The van der Waals surface area contributed by atoms with E-state index in [2.05, 4.69) is 0 Å². The number of amides is 2. The number of likely N-dealkylation sites (N-methyl/N-ethyl adjacent to an activating group) is 1. The molecule has 0 aliphatic carbocycles. The smallest absolute Gasteiger partial charge is 0.253 e. The third-order valence-corrected chi connectivity index (χ3v) is 4.61. The van der Waals surface area contributed by atoms with Crippen molar-refractivity contribution in [2.75, 3.05) is 13.6 Å². The highest BCUT2D eigenvalue weighted by molar-refractivity contribution is 6.00. The van der Waals surface area contributed by atoms with E-state index >= 15 is 0 Å². The molecule has 5 nitrogen and oxygen atoms in total. The fraction of sp³-hybridized carbons (Fsp3) is 0.571. The minimum Gasteiger partial charge on any atom is -0.357 e. The number of fused-ring (bicyclic) bond motifs is 1. The number of aromatic nitrogens is 1. The molecule has 2 aliphatic rings. The second-order valence-electron chi connectivity index (χ2n) is 5.69. The van der Waals surface area contributed by atoms with Crippen LogP contribution in [0.2, 0.25) is 0 Å². The molecule has 2 atom stereocenters. The van der Waals surface area contributed by atoms with Gasteiger partial charge in [0, 0.05) is 38.6 Å². The van der Waals surface area contributed by atoms with E-state index in [1.807, 2.05) is 37.0 Å². The van der Waals surface area contributed by atoms with E-state index in [4.69, 9.17) is 0 Å². The molecule has 102 valence electrons. The summed E-state index contributed by atoms with van der Waals surface area (Å²) in [4.78, 5) is 28.7. The van der Waals surface area contributed by atoms with Crippen molar-refractivity contribution in [2.45, 2.75) is 31.3 Å². The summed E-state index contributed by atoms with van der Waals surface area (Å²) >= 11 is 0. The number of nitrogens with zero attached hydrogens (tertiary/aromatic N) is 3. The molecule has 0 saturated carbocycles. The van der Waals surface area contributed by atoms with Crippen molar-refractivity contribution in [3.63, 3.8) is 0 Å². The molecule has 2 amide bonds. The van der Waals surface area contributed by atoms with Crippen molar-refractivity contribution < 1.29 is 9.59 Å². The number of hydrogen-bond acceptors (Lipinski definition) is 2. The highest BCUT2D eigenvalue weighted by Crippen LogP contribution is 2.38. The molecule has 2 aliphatic heterocycles. The Balaban J connectivity index is 2.09. The summed E-state index contributed by atoms with van der Waals surface area (Å²) in [6.45, 7) is 2.54. The van der Waals surface area contributed by atoms with Gasteiger partial charge in [-0.25, -0.2) is 0 Å². The van der Waals surface area contributed by atoms with Crippen LogP contribution in [0.5, 0.6) is 0 Å². The lowest BCUT2D eigenvalue weighted by atomic mass is 9.87. The highest BCUT2D eigenvalue weighted by atomic mass is 16.2. The zero-order valence-electron chi connectivity index (χ0n) is 11.6. The summed E-state index contributed by atoms with van der Waals surface area (Å²) in [5, 5.41) is 0. The molecule has 0 spiro atoms. The Kier molecular flexibility index (Phi) is 2.49. The van der Waals surface area contributed by atoms with Crippen molar-refractivity contribution in [3.05, 3.63) is 24.0 Å². The van der Waals surface area contributed by atoms with Gasteiger partial charge in [0.05, 0.1) is 0 Å². The van der Waals surface area contributed by atoms with E-state index in [0.717, 1.165) is 18.4 Å². The van der Waals surface area contributed by atoms with Crippen molar-refractivity contribution in [2.24, 2.45) is 7.05 Å². The normalized spacial score (nSPS) is 31.0. The summed E-state index contributed by atoms with van der Waals surface area (Å²) < 4.78 is 1.91. The number of hydrogen-bond donors (Lipinski definition) is 0. The SMILES string of the molecule is CN1C(=O)C2CCCN2C(=O)C1(C)c1ccn(C)c1. The zero-order valence-corrected chi connectivity index (χ0v) is 11.6. The maximum atomic E-state index is 12.8. The van der Waals surface area contributed by atoms with Crippen molar-refractivity contribution in [1.29, 1.82) is 0 Å². The minimum absolute atomic E-state index is 0.0447. The van der Waals surface area contributed by atoms with Crippen LogP contribution in [0, 0.1) is 0 Å². The highest BCUT2D eigenvalue weighted by Gasteiger charge is 2.54. The zero-order chi connectivity index (χ0) is 13.8. The van der Waals surface area contributed by atoms with Gasteiger partial charge < -0.3 is 14.4 Å². The predicted molar refractivity (Wildman–Crippen MR) is 70.3 cm³/mol. The van der Waals surface area contributed by atoms with Crippen molar-refractivity contribution in [1.82, 2.24) is 14.4 Å². The lowest BCUT2D eigenvalue weighted by molar-refractivity contribution is -0.166. The lowest BCUT2D eigenvalue weighted by Gasteiger charge is -2.47. The Morgan fingerprint density at radius 2 is 2.05 bits per heavy atom. The fourth-order valence-corrected chi connectivity index (χ4v) is 3.24. The topological polar surface area (TPSA) is 45.6 Å². The summed E-state index contributed by atoms with van der Waals surface area (Å²) in [5.74, 6) is 0.103. The molecule has 1 aromatic rings. The summed E-state index contributed by atoms with van der Waals surface area (Å²) in [6.07, 6.45) is 5.53. The van der Waals surface area contributed by atoms with E-state index in [-0.39, 0.29) is 17.9 Å². The van der Waals surface area contributed by atoms with Gasteiger partial charge in [0.15, 0.2) is 0 Å². The van der Waals surface area contributed by atoms with Crippen LogP contribution in [0.4, 0.5) is 0 Å². The van der Waals surface area contributed by atoms with Crippen LogP contribution in [-0.2, 0) is 22.2 Å². The Morgan fingerprint density at radius 1 is 1.32 bits per heavy atom. The van der Waals surface area contributed by atoms with Crippen LogP contribution in [0.25, 0.3) is 0 Å². The van der Waals surface area contributed by atoms with Crippen LogP contribution in [-0.4, -0.2) is 45.8 Å². The van der Waals surface area contributed by atoms with E-state index < -0.39 is 5.54 Å². The molecular formula is C14H19N3O2. The maximum Gasteiger partial charge on any atom is 0.253 e. The summed E-state index contributed by atoms with van der Waals surface area (Å²) in [5.41, 5.74) is 0.000301. The summed E-state index contributed by atoms with van der Waals surface area (Å²) in [6, 6.07) is 1.67. The lowest BCUT2D eigenvalue weighted by Crippen LogP contribution is -2.65. The van der Waals surface area contributed by atoms with E-state index in [1.165, 1.54) is 0 Å². The van der Waals surface area contributed by atoms with Gasteiger partial charge in [0.1, 0.15) is 11.6 Å². The molecule has 3 rings (SSSR count). The number of piperazine rings is 1. The maximum absolute atomic E-state index is 12.8. The molecule has 0 aromatic carbocycles. The van der Waals surface area contributed by atoms with Gasteiger partial charge >= 0.3 is 0 Å². The molecule has 3 heterocycles. The number of rotatable bonds is 1. The Morgan fingerprint density at radius 3 is 2.68 bits per heavy atom. The van der Waals surface area contributed by atoms with Gasteiger partial charge in [-0.15, -0.1) is 0 Å². The monoisotopic (exact) mass is 261 g/mol. The van der Waals surface area contributed by atoms with Gasteiger partial charge in [-0.05, 0) is 25.8 Å². The molecule has 2 unspecified atom stereocenters.